The van der Waals surface area contributed by atoms with Gasteiger partial charge in [-0.15, -0.1) is 0 Å². The highest BCUT2D eigenvalue weighted by Gasteiger charge is 2.09. The molecule has 3 amide bonds. The SMILES string of the molecule is Cc1noc(-c2ccc(C(=O)Nc3ccc(NC(N)=O)cc3)cc2)n1. The van der Waals surface area contributed by atoms with E-state index in [9.17, 15) is 9.59 Å². The van der Waals surface area contributed by atoms with Gasteiger partial charge in [-0.3, -0.25) is 4.79 Å². The molecule has 0 atom stereocenters. The van der Waals surface area contributed by atoms with E-state index in [4.69, 9.17) is 10.3 Å². The van der Waals surface area contributed by atoms with Gasteiger partial charge >= 0.3 is 6.03 Å². The van der Waals surface area contributed by atoms with Crippen LogP contribution in [0.3, 0.4) is 0 Å². The maximum atomic E-state index is 12.3. The van der Waals surface area contributed by atoms with Crippen LogP contribution in [0.15, 0.2) is 53.1 Å². The fourth-order valence-electron chi connectivity index (χ4n) is 2.16. The van der Waals surface area contributed by atoms with Crippen molar-refractivity contribution < 1.29 is 14.1 Å². The number of primary amides is 1. The number of aromatic nitrogens is 2. The first kappa shape index (κ1) is 16.2. The number of carbonyl (C=O) groups is 2. The third kappa shape index (κ3) is 3.99. The van der Waals surface area contributed by atoms with Crippen molar-refractivity contribution in [3.05, 3.63) is 59.9 Å². The normalized spacial score (nSPS) is 10.3. The number of anilines is 2. The summed E-state index contributed by atoms with van der Waals surface area (Å²) < 4.78 is 5.08. The van der Waals surface area contributed by atoms with Gasteiger partial charge in [0.2, 0.25) is 0 Å². The standard InChI is InChI=1S/C17H15N5O3/c1-10-19-16(25-22-10)12-4-2-11(3-5-12)15(23)20-13-6-8-14(9-7-13)21-17(18)24/h2-9H,1H3,(H,20,23)(H3,18,21,24). The lowest BCUT2D eigenvalue weighted by Gasteiger charge is -2.07. The summed E-state index contributed by atoms with van der Waals surface area (Å²) >= 11 is 0. The summed E-state index contributed by atoms with van der Waals surface area (Å²) in [4.78, 5) is 27.2. The Hall–Kier alpha value is -3.68. The Labute approximate surface area is 143 Å². The number of hydrogen-bond donors (Lipinski definition) is 3. The number of benzene rings is 2. The molecule has 3 aromatic rings. The van der Waals surface area contributed by atoms with Gasteiger partial charge in [-0.2, -0.15) is 4.98 Å². The Bertz CT molecular complexity index is 901. The zero-order chi connectivity index (χ0) is 17.8. The fraction of sp³-hybridized carbons (Fsp3) is 0.0588. The molecular formula is C17H15N5O3. The highest BCUT2D eigenvalue weighted by Crippen LogP contribution is 2.19. The first-order chi connectivity index (χ1) is 12.0. The summed E-state index contributed by atoms with van der Waals surface area (Å²) in [5, 5.41) is 8.95. The predicted molar refractivity (Wildman–Crippen MR) is 92.1 cm³/mol. The zero-order valence-corrected chi connectivity index (χ0v) is 13.3. The maximum absolute atomic E-state index is 12.3. The summed E-state index contributed by atoms with van der Waals surface area (Å²) in [5.74, 6) is 0.692. The van der Waals surface area contributed by atoms with Crippen molar-refractivity contribution >= 4 is 23.3 Å². The largest absolute Gasteiger partial charge is 0.351 e. The third-order valence-electron chi connectivity index (χ3n) is 3.33. The molecule has 0 bridgehead atoms. The first-order valence-corrected chi connectivity index (χ1v) is 7.40. The molecule has 1 aromatic heterocycles. The van der Waals surface area contributed by atoms with E-state index >= 15 is 0 Å². The lowest BCUT2D eigenvalue weighted by Crippen LogP contribution is -2.19. The van der Waals surface area contributed by atoms with Crippen molar-refractivity contribution in [1.82, 2.24) is 10.1 Å². The van der Waals surface area contributed by atoms with Crippen LogP contribution in [0.5, 0.6) is 0 Å². The summed E-state index contributed by atoms with van der Waals surface area (Å²) in [5.41, 5.74) is 7.40. The lowest BCUT2D eigenvalue weighted by molar-refractivity contribution is 0.102. The molecule has 0 aliphatic carbocycles. The van der Waals surface area contributed by atoms with Crippen molar-refractivity contribution in [3.63, 3.8) is 0 Å². The van der Waals surface area contributed by atoms with Crippen LogP contribution in [0.1, 0.15) is 16.2 Å². The molecule has 2 aromatic carbocycles. The van der Waals surface area contributed by atoms with Crippen LogP contribution in [-0.4, -0.2) is 22.1 Å². The quantitative estimate of drug-likeness (QED) is 0.675. The molecule has 126 valence electrons. The number of aryl methyl sites for hydroxylation is 1. The number of hydrogen-bond acceptors (Lipinski definition) is 5. The van der Waals surface area contributed by atoms with Crippen molar-refractivity contribution in [2.45, 2.75) is 6.92 Å². The van der Waals surface area contributed by atoms with Crippen molar-refractivity contribution in [2.24, 2.45) is 5.73 Å². The second-order valence-electron chi connectivity index (χ2n) is 5.24. The van der Waals surface area contributed by atoms with E-state index in [2.05, 4.69) is 20.8 Å². The van der Waals surface area contributed by atoms with Crippen LogP contribution in [0.25, 0.3) is 11.5 Å². The van der Waals surface area contributed by atoms with Gasteiger partial charge in [-0.1, -0.05) is 5.16 Å². The number of amides is 3. The molecule has 1 heterocycles. The van der Waals surface area contributed by atoms with Gasteiger partial charge in [0.1, 0.15) is 0 Å². The van der Waals surface area contributed by atoms with Gasteiger partial charge in [-0.05, 0) is 55.5 Å². The third-order valence-corrected chi connectivity index (χ3v) is 3.33. The summed E-state index contributed by atoms with van der Waals surface area (Å²) in [6.45, 7) is 1.74. The molecule has 4 N–H and O–H groups in total. The summed E-state index contributed by atoms with van der Waals surface area (Å²) in [7, 11) is 0. The minimum absolute atomic E-state index is 0.260. The molecule has 0 saturated carbocycles. The predicted octanol–water partition coefficient (Wildman–Crippen LogP) is 2.79. The molecule has 25 heavy (non-hydrogen) atoms. The van der Waals surface area contributed by atoms with Crippen molar-refractivity contribution in [1.29, 1.82) is 0 Å². The Balaban J connectivity index is 1.67. The Morgan fingerprint density at radius 2 is 1.56 bits per heavy atom. The molecule has 3 rings (SSSR count). The number of urea groups is 1. The molecule has 0 spiro atoms. The minimum atomic E-state index is -0.645. The van der Waals surface area contributed by atoms with E-state index in [-0.39, 0.29) is 5.91 Å². The smallest absolute Gasteiger partial charge is 0.316 e. The van der Waals surface area contributed by atoms with Gasteiger partial charge in [0.05, 0.1) is 0 Å². The van der Waals surface area contributed by atoms with E-state index in [1.807, 2.05) is 0 Å². The van der Waals surface area contributed by atoms with Crippen molar-refractivity contribution in [2.75, 3.05) is 10.6 Å². The average Bonchev–Trinajstić information content (AvgIpc) is 3.03. The lowest BCUT2D eigenvalue weighted by atomic mass is 10.1. The monoisotopic (exact) mass is 337 g/mol. The summed E-state index contributed by atoms with van der Waals surface area (Å²) in [6.07, 6.45) is 0. The number of rotatable bonds is 4. The highest BCUT2D eigenvalue weighted by atomic mass is 16.5. The number of nitrogens with one attached hydrogen (secondary N) is 2. The van der Waals surface area contributed by atoms with Crippen LogP contribution in [0.2, 0.25) is 0 Å². The van der Waals surface area contributed by atoms with Crippen molar-refractivity contribution in [3.8, 4) is 11.5 Å². The molecule has 0 radical (unpaired) electrons. The molecule has 0 aliphatic heterocycles. The number of nitrogens with zero attached hydrogens (tertiary/aromatic N) is 2. The topological polar surface area (TPSA) is 123 Å². The molecule has 0 aliphatic rings. The molecule has 0 saturated heterocycles. The average molecular weight is 337 g/mol. The summed E-state index contributed by atoms with van der Waals surface area (Å²) in [6, 6.07) is 12.8. The van der Waals surface area contributed by atoms with Gasteiger partial charge in [0, 0.05) is 22.5 Å². The zero-order valence-electron chi connectivity index (χ0n) is 13.3. The second-order valence-corrected chi connectivity index (χ2v) is 5.24. The van der Waals surface area contributed by atoms with Crippen LogP contribution >= 0.6 is 0 Å². The maximum Gasteiger partial charge on any atom is 0.316 e. The minimum Gasteiger partial charge on any atom is -0.351 e. The number of nitrogens with two attached hydrogens (primary N) is 1. The molecule has 0 unspecified atom stereocenters. The number of carbonyl (C=O) groups excluding carboxylic acids is 2. The van der Waals surface area contributed by atoms with Crippen LogP contribution in [0, 0.1) is 6.92 Å². The van der Waals surface area contributed by atoms with Gasteiger partial charge in [0.25, 0.3) is 11.8 Å². The van der Waals surface area contributed by atoms with E-state index in [0.29, 0.717) is 28.7 Å². The Kier molecular flexibility index (Phi) is 4.42. The molecule has 0 fully saturated rings. The Morgan fingerprint density at radius 1 is 0.960 bits per heavy atom. The highest BCUT2D eigenvalue weighted by molar-refractivity contribution is 6.04. The van der Waals surface area contributed by atoms with E-state index < -0.39 is 6.03 Å². The van der Waals surface area contributed by atoms with E-state index in [1.54, 1.807) is 55.5 Å². The molecule has 8 nitrogen and oxygen atoms in total. The van der Waals surface area contributed by atoms with Gasteiger partial charge in [0.15, 0.2) is 5.82 Å². The Morgan fingerprint density at radius 3 is 2.08 bits per heavy atom. The molecule has 8 heteroatoms. The van der Waals surface area contributed by atoms with Crippen LogP contribution in [-0.2, 0) is 0 Å². The first-order valence-electron chi connectivity index (χ1n) is 7.40. The fourth-order valence-corrected chi connectivity index (χ4v) is 2.16. The van der Waals surface area contributed by atoms with Crippen LogP contribution < -0.4 is 16.4 Å². The molecular weight excluding hydrogens is 322 g/mol. The second kappa shape index (κ2) is 6.83. The van der Waals surface area contributed by atoms with E-state index in [0.717, 1.165) is 5.56 Å². The van der Waals surface area contributed by atoms with Crippen LogP contribution in [0.4, 0.5) is 16.2 Å². The van der Waals surface area contributed by atoms with E-state index in [1.165, 1.54) is 0 Å². The van der Waals surface area contributed by atoms with Gasteiger partial charge in [-0.25, -0.2) is 4.79 Å². The van der Waals surface area contributed by atoms with Gasteiger partial charge < -0.3 is 20.9 Å².